The largest absolute Gasteiger partial charge is 0.287 e. The van der Waals surface area contributed by atoms with Crippen molar-refractivity contribution in [2.75, 3.05) is 0 Å². The van der Waals surface area contributed by atoms with E-state index in [9.17, 15) is 10.1 Å². The average Bonchev–Trinajstić information content (AvgIpc) is 2.74. The molecule has 2 aromatic carbocycles. The van der Waals surface area contributed by atoms with Crippen molar-refractivity contribution in [1.29, 1.82) is 0 Å². The zero-order valence-electron chi connectivity index (χ0n) is 15.0. The molecule has 0 amide bonds. The molecule has 0 saturated heterocycles. The van der Waals surface area contributed by atoms with E-state index < -0.39 is 4.92 Å². The van der Waals surface area contributed by atoms with E-state index in [1.807, 2.05) is 0 Å². The van der Waals surface area contributed by atoms with E-state index in [1.165, 1.54) is 76.5 Å². The molecule has 27 heavy (non-hydrogen) atoms. The van der Waals surface area contributed by atoms with Crippen LogP contribution in [0.15, 0.2) is 60.9 Å². The fourth-order valence-corrected chi connectivity index (χ4v) is 3.77. The standard InChI is InChI=1S/C18H16.C5H4N2O2/c1-3-7-15-13(5-1)9-11-18-16-8-4-2-6-14(16)10-12-17(15)18;8-7(9)5-2-1-3-6-4-5/h1,3,5,7-8,10-12H,2,4,6,9H2;1-4H. The Balaban J connectivity index is 0.000000170. The van der Waals surface area contributed by atoms with Gasteiger partial charge in [0.05, 0.1) is 4.92 Å². The van der Waals surface area contributed by atoms with Gasteiger partial charge in [0.1, 0.15) is 6.20 Å². The van der Waals surface area contributed by atoms with E-state index in [2.05, 4.69) is 53.5 Å². The Labute approximate surface area is 157 Å². The molecule has 0 bridgehead atoms. The number of benzene rings is 2. The van der Waals surface area contributed by atoms with Crippen molar-refractivity contribution in [2.45, 2.75) is 25.7 Å². The summed E-state index contributed by atoms with van der Waals surface area (Å²) < 4.78 is 0. The third kappa shape index (κ3) is 3.51. The van der Waals surface area contributed by atoms with Gasteiger partial charge in [-0.05, 0) is 64.4 Å². The summed E-state index contributed by atoms with van der Waals surface area (Å²) in [6.07, 6.45) is 12.4. The van der Waals surface area contributed by atoms with Crippen molar-refractivity contribution in [3.63, 3.8) is 0 Å². The van der Waals surface area contributed by atoms with Crippen molar-refractivity contribution in [1.82, 2.24) is 4.98 Å². The molecule has 0 aliphatic heterocycles. The smallest absolute Gasteiger partial charge is 0.258 e. The Morgan fingerprint density at radius 3 is 2.56 bits per heavy atom. The van der Waals surface area contributed by atoms with Crippen LogP contribution < -0.4 is 10.4 Å². The molecule has 0 unspecified atom stereocenters. The summed E-state index contributed by atoms with van der Waals surface area (Å²) in [4.78, 5) is 13.1. The minimum atomic E-state index is -0.479. The first-order chi connectivity index (χ1) is 13.2. The average molecular weight is 356 g/mol. The van der Waals surface area contributed by atoms with Gasteiger partial charge in [-0.15, -0.1) is 0 Å². The molecular weight excluding hydrogens is 336 g/mol. The number of pyridine rings is 1. The monoisotopic (exact) mass is 356 g/mol. The molecule has 0 radical (unpaired) electrons. The first-order valence-electron chi connectivity index (χ1n) is 9.19. The highest BCUT2D eigenvalue weighted by Crippen LogP contribution is 2.24. The molecule has 2 aliphatic rings. The Morgan fingerprint density at radius 1 is 0.889 bits per heavy atom. The van der Waals surface area contributed by atoms with Crippen LogP contribution in [0.2, 0.25) is 0 Å². The number of hydrogen-bond donors (Lipinski definition) is 0. The van der Waals surface area contributed by atoms with Crippen molar-refractivity contribution in [3.8, 4) is 11.1 Å². The fraction of sp³-hybridized carbons (Fsp3) is 0.174. The highest BCUT2D eigenvalue weighted by molar-refractivity contribution is 5.74. The van der Waals surface area contributed by atoms with E-state index in [0.29, 0.717) is 0 Å². The van der Waals surface area contributed by atoms with E-state index >= 15 is 0 Å². The maximum atomic E-state index is 9.97. The number of nitro groups is 1. The lowest BCUT2D eigenvalue weighted by molar-refractivity contribution is -0.385. The van der Waals surface area contributed by atoms with E-state index in [0.717, 1.165) is 6.42 Å². The minimum absolute atomic E-state index is 0.0255. The normalized spacial score (nSPS) is 13.5. The Kier molecular flexibility index (Phi) is 4.79. The molecule has 0 saturated carbocycles. The second-order valence-corrected chi connectivity index (χ2v) is 6.73. The van der Waals surface area contributed by atoms with Crippen LogP contribution in [0, 0.1) is 10.1 Å². The zero-order chi connectivity index (χ0) is 18.6. The topological polar surface area (TPSA) is 56.0 Å². The molecule has 3 aromatic rings. The maximum Gasteiger partial charge on any atom is 0.287 e. The van der Waals surface area contributed by atoms with E-state index in [4.69, 9.17) is 0 Å². The van der Waals surface area contributed by atoms with Crippen LogP contribution in [-0.2, 0) is 12.8 Å². The molecule has 0 fully saturated rings. The summed E-state index contributed by atoms with van der Waals surface area (Å²) in [5, 5.41) is 13.0. The number of fused-ring (bicyclic) bond motifs is 5. The third-order valence-electron chi connectivity index (χ3n) is 5.07. The van der Waals surface area contributed by atoms with Crippen molar-refractivity contribution in [2.24, 2.45) is 0 Å². The van der Waals surface area contributed by atoms with Gasteiger partial charge in [-0.2, -0.15) is 0 Å². The molecule has 134 valence electrons. The summed E-state index contributed by atoms with van der Waals surface area (Å²) in [7, 11) is 0. The van der Waals surface area contributed by atoms with Crippen LogP contribution in [0.3, 0.4) is 0 Å². The van der Waals surface area contributed by atoms with Crippen LogP contribution in [0.1, 0.15) is 24.0 Å². The minimum Gasteiger partial charge on any atom is -0.258 e. The molecule has 1 heterocycles. The van der Waals surface area contributed by atoms with Crippen molar-refractivity contribution < 1.29 is 4.92 Å². The van der Waals surface area contributed by atoms with Gasteiger partial charge in [-0.3, -0.25) is 15.1 Å². The summed E-state index contributed by atoms with van der Waals surface area (Å²) in [6, 6.07) is 16.4. The fourth-order valence-electron chi connectivity index (χ4n) is 3.77. The Morgan fingerprint density at radius 2 is 1.78 bits per heavy atom. The molecule has 0 spiro atoms. The van der Waals surface area contributed by atoms with Crippen LogP contribution in [0.25, 0.3) is 23.3 Å². The van der Waals surface area contributed by atoms with Crippen LogP contribution >= 0.6 is 0 Å². The van der Waals surface area contributed by atoms with Gasteiger partial charge in [0, 0.05) is 12.3 Å². The first-order valence-corrected chi connectivity index (χ1v) is 9.19. The summed E-state index contributed by atoms with van der Waals surface area (Å²) in [6.45, 7) is 0. The highest BCUT2D eigenvalue weighted by Gasteiger charge is 2.13. The maximum absolute atomic E-state index is 9.97. The lowest BCUT2D eigenvalue weighted by atomic mass is 9.87. The first kappa shape index (κ1) is 17.2. The number of hydrogen-bond acceptors (Lipinski definition) is 3. The molecule has 5 rings (SSSR count). The lowest BCUT2D eigenvalue weighted by Crippen LogP contribution is -2.33. The second-order valence-electron chi connectivity index (χ2n) is 6.73. The van der Waals surface area contributed by atoms with E-state index in [1.54, 1.807) is 0 Å². The number of aromatic nitrogens is 1. The lowest BCUT2D eigenvalue weighted by Gasteiger charge is -2.17. The zero-order valence-corrected chi connectivity index (χ0v) is 15.0. The van der Waals surface area contributed by atoms with Gasteiger partial charge in [-0.1, -0.05) is 48.6 Å². The van der Waals surface area contributed by atoms with E-state index in [-0.39, 0.29) is 5.69 Å². The van der Waals surface area contributed by atoms with Crippen LogP contribution in [0.4, 0.5) is 5.69 Å². The van der Waals surface area contributed by atoms with Gasteiger partial charge in [0.25, 0.3) is 5.69 Å². The van der Waals surface area contributed by atoms with Crippen LogP contribution in [0.5, 0.6) is 0 Å². The van der Waals surface area contributed by atoms with Gasteiger partial charge >= 0.3 is 0 Å². The molecular formula is C23H20N2O2. The van der Waals surface area contributed by atoms with Gasteiger partial charge in [-0.25, -0.2) is 0 Å². The Bertz CT molecular complexity index is 1100. The predicted octanol–water partition coefficient (Wildman–Crippen LogP) is 3.80. The SMILES string of the molecule is C1=c2c(ccc3c2=CCc2ccccc2-3)CCC1.O=[N+]([O-])c1cccnc1. The molecule has 0 N–H and O–H groups in total. The van der Waals surface area contributed by atoms with Gasteiger partial charge in [0.2, 0.25) is 0 Å². The summed E-state index contributed by atoms with van der Waals surface area (Å²) >= 11 is 0. The molecule has 0 atom stereocenters. The van der Waals surface area contributed by atoms with Crippen molar-refractivity contribution in [3.05, 3.63) is 92.6 Å². The molecule has 4 heteroatoms. The molecule has 1 aromatic heterocycles. The molecule has 4 nitrogen and oxygen atoms in total. The second kappa shape index (κ2) is 7.54. The van der Waals surface area contributed by atoms with Gasteiger partial charge < -0.3 is 0 Å². The number of rotatable bonds is 1. The Hall–Kier alpha value is -3.27. The summed E-state index contributed by atoms with van der Waals surface area (Å²) in [5.74, 6) is 0. The summed E-state index contributed by atoms with van der Waals surface area (Å²) in [5.41, 5.74) is 5.87. The number of nitrogens with zero attached hydrogens (tertiary/aromatic N) is 2. The number of aryl methyl sites for hydroxylation is 1. The highest BCUT2D eigenvalue weighted by atomic mass is 16.6. The van der Waals surface area contributed by atoms with Gasteiger partial charge in [0.15, 0.2) is 0 Å². The van der Waals surface area contributed by atoms with Crippen molar-refractivity contribution >= 4 is 17.8 Å². The quantitative estimate of drug-likeness (QED) is 0.492. The predicted molar refractivity (Wildman–Crippen MR) is 108 cm³/mol. The van der Waals surface area contributed by atoms with Crippen LogP contribution in [-0.4, -0.2) is 9.91 Å². The molecule has 2 aliphatic carbocycles. The third-order valence-corrected chi connectivity index (χ3v) is 5.07.